The van der Waals surface area contributed by atoms with E-state index in [1.165, 1.54) is 6.07 Å². The molecule has 0 saturated carbocycles. The van der Waals surface area contributed by atoms with E-state index in [1.54, 1.807) is 6.07 Å². The number of hydrogen-bond donors (Lipinski definition) is 1. The fourth-order valence-corrected chi connectivity index (χ4v) is 3.10. The summed E-state index contributed by atoms with van der Waals surface area (Å²) in [5.41, 5.74) is 0.926. The highest BCUT2D eigenvalue weighted by atomic mass is 19.4. The molecule has 4 aromatic rings. The number of aromatic nitrogens is 4. The van der Waals surface area contributed by atoms with E-state index in [9.17, 15) is 13.2 Å². The van der Waals surface area contributed by atoms with Crippen LogP contribution in [0.3, 0.4) is 0 Å². The molecule has 0 amide bonds. The Morgan fingerprint density at radius 2 is 1.83 bits per heavy atom. The molecule has 6 nitrogen and oxygen atoms in total. The first-order valence-corrected chi connectivity index (χ1v) is 9.04. The van der Waals surface area contributed by atoms with Gasteiger partial charge < -0.3 is 10.1 Å². The van der Waals surface area contributed by atoms with E-state index in [-0.39, 0.29) is 17.6 Å². The number of benzene rings is 2. The van der Waals surface area contributed by atoms with Crippen LogP contribution in [0.4, 0.5) is 19.0 Å². The molecule has 0 aliphatic carbocycles. The molecule has 2 aromatic carbocycles. The molecule has 0 aliphatic rings. The Morgan fingerprint density at radius 1 is 1.03 bits per heavy atom. The average molecular weight is 401 g/mol. The van der Waals surface area contributed by atoms with Gasteiger partial charge in [-0.1, -0.05) is 30.3 Å². The smallest absolute Gasteiger partial charge is 0.453 e. The molecule has 0 spiro atoms. The van der Waals surface area contributed by atoms with Crippen LogP contribution in [0.2, 0.25) is 0 Å². The molecule has 0 aliphatic heterocycles. The van der Waals surface area contributed by atoms with Gasteiger partial charge in [0, 0.05) is 12.1 Å². The molecule has 2 aromatic heterocycles. The van der Waals surface area contributed by atoms with Gasteiger partial charge in [0.05, 0.1) is 6.10 Å². The molecular formula is C20H18F3N5O. The van der Waals surface area contributed by atoms with Gasteiger partial charge >= 0.3 is 6.18 Å². The van der Waals surface area contributed by atoms with Gasteiger partial charge in [0.15, 0.2) is 5.65 Å². The Bertz CT molecular complexity index is 1170. The van der Waals surface area contributed by atoms with E-state index >= 15 is 0 Å². The number of nitrogens with zero attached hydrogens (tertiary/aromatic N) is 4. The van der Waals surface area contributed by atoms with Crippen molar-refractivity contribution in [2.24, 2.45) is 0 Å². The highest BCUT2D eigenvalue weighted by Crippen LogP contribution is 2.30. The number of fused-ring (bicyclic) bond motifs is 2. The number of ether oxygens (including phenoxy) is 1. The largest absolute Gasteiger partial charge is 0.491 e. The van der Waals surface area contributed by atoms with Crippen molar-refractivity contribution in [2.45, 2.75) is 32.7 Å². The third kappa shape index (κ3) is 3.80. The van der Waals surface area contributed by atoms with E-state index in [4.69, 9.17) is 4.74 Å². The number of halogens is 3. The van der Waals surface area contributed by atoms with Crippen LogP contribution in [-0.4, -0.2) is 25.9 Å². The summed E-state index contributed by atoms with van der Waals surface area (Å²) in [5.74, 6) is -0.177. The van der Waals surface area contributed by atoms with Crippen LogP contribution < -0.4 is 10.1 Å². The molecule has 0 radical (unpaired) electrons. The van der Waals surface area contributed by atoms with Gasteiger partial charge in [-0.25, -0.2) is 0 Å². The normalized spacial score (nSPS) is 12.1. The van der Waals surface area contributed by atoms with Gasteiger partial charge in [-0.3, -0.25) is 0 Å². The molecule has 2 heterocycles. The summed E-state index contributed by atoms with van der Waals surface area (Å²) in [4.78, 5) is 0. The summed E-state index contributed by atoms with van der Waals surface area (Å²) in [5, 5.41) is 15.8. The Morgan fingerprint density at radius 3 is 2.59 bits per heavy atom. The minimum Gasteiger partial charge on any atom is -0.491 e. The highest BCUT2D eigenvalue weighted by Gasteiger charge is 2.37. The van der Waals surface area contributed by atoms with Crippen LogP contribution in [0.5, 0.6) is 5.75 Å². The minimum atomic E-state index is -4.64. The fourth-order valence-electron chi connectivity index (χ4n) is 3.10. The second kappa shape index (κ2) is 7.23. The van der Waals surface area contributed by atoms with E-state index in [2.05, 4.69) is 20.6 Å². The number of rotatable bonds is 5. The van der Waals surface area contributed by atoms with Crippen LogP contribution in [-0.2, 0) is 12.7 Å². The lowest BCUT2D eigenvalue weighted by molar-refractivity contribution is -0.146. The molecule has 150 valence electrons. The van der Waals surface area contributed by atoms with Crippen LogP contribution in [0, 0.1) is 0 Å². The third-order valence-electron chi connectivity index (χ3n) is 4.32. The van der Waals surface area contributed by atoms with Crippen molar-refractivity contribution < 1.29 is 17.9 Å². The first-order chi connectivity index (χ1) is 13.8. The standard InChI is InChI=1S/C20H18F3N5O/c1-12(2)29-16-8-7-13-5-3-4-6-14(13)15(16)11-24-17-9-10-18-25-26-19(20(21,22)23)28(18)27-17/h3-10,12H,11H2,1-2H3,(H,24,27). The Kier molecular flexibility index (Phi) is 4.73. The zero-order chi connectivity index (χ0) is 20.6. The number of alkyl halides is 3. The topological polar surface area (TPSA) is 64.3 Å². The lowest BCUT2D eigenvalue weighted by atomic mass is 10.0. The first kappa shape index (κ1) is 19.0. The minimum absolute atomic E-state index is 0.0178. The molecule has 1 N–H and O–H groups in total. The average Bonchev–Trinajstić information content (AvgIpc) is 3.10. The predicted octanol–water partition coefficient (Wildman–Crippen LogP) is 4.70. The van der Waals surface area contributed by atoms with Crippen molar-refractivity contribution in [1.82, 2.24) is 19.8 Å². The lowest BCUT2D eigenvalue weighted by Crippen LogP contribution is -2.14. The molecule has 4 rings (SSSR count). The summed E-state index contributed by atoms with van der Waals surface area (Å²) in [7, 11) is 0. The van der Waals surface area contributed by atoms with Crippen molar-refractivity contribution in [2.75, 3.05) is 5.32 Å². The summed E-state index contributed by atoms with van der Waals surface area (Å²) in [6, 6.07) is 14.7. The van der Waals surface area contributed by atoms with Crippen LogP contribution in [0.25, 0.3) is 16.4 Å². The quantitative estimate of drug-likeness (QED) is 0.525. The fraction of sp³-hybridized carbons (Fsp3) is 0.250. The maximum atomic E-state index is 13.1. The van der Waals surface area contributed by atoms with Gasteiger partial charge in [-0.05, 0) is 42.8 Å². The number of anilines is 1. The van der Waals surface area contributed by atoms with Gasteiger partial charge in [-0.2, -0.15) is 17.7 Å². The Hall–Kier alpha value is -3.36. The first-order valence-electron chi connectivity index (χ1n) is 9.04. The van der Waals surface area contributed by atoms with E-state index in [1.807, 2.05) is 50.2 Å². The predicted molar refractivity (Wildman–Crippen MR) is 103 cm³/mol. The highest BCUT2D eigenvalue weighted by molar-refractivity contribution is 5.88. The van der Waals surface area contributed by atoms with Crippen molar-refractivity contribution in [3.63, 3.8) is 0 Å². The number of nitrogens with one attached hydrogen (secondary N) is 1. The second-order valence-corrected chi connectivity index (χ2v) is 6.79. The molecule has 0 atom stereocenters. The molecule has 0 bridgehead atoms. The summed E-state index contributed by atoms with van der Waals surface area (Å²) in [6.45, 7) is 4.20. The van der Waals surface area contributed by atoms with Gasteiger partial charge in [0.2, 0.25) is 0 Å². The molecular weight excluding hydrogens is 383 g/mol. The van der Waals surface area contributed by atoms with Gasteiger partial charge in [-0.15, -0.1) is 15.3 Å². The van der Waals surface area contributed by atoms with E-state index in [0.717, 1.165) is 16.3 Å². The van der Waals surface area contributed by atoms with Crippen molar-refractivity contribution in [3.8, 4) is 5.75 Å². The zero-order valence-electron chi connectivity index (χ0n) is 15.7. The Labute approximate surface area is 164 Å². The molecule has 0 unspecified atom stereocenters. The lowest BCUT2D eigenvalue weighted by Gasteiger charge is -2.17. The molecule has 0 fully saturated rings. The van der Waals surface area contributed by atoms with Crippen molar-refractivity contribution >= 4 is 22.2 Å². The maximum absolute atomic E-state index is 13.1. The van der Waals surface area contributed by atoms with E-state index in [0.29, 0.717) is 16.8 Å². The van der Waals surface area contributed by atoms with Crippen LogP contribution in [0.1, 0.15) is 25.2 Å². The molecule has 29 heavy (non-hydrogen) atoms. The monoisotopic (exact) mass is 401 g/mol. The third-order valence-corrected chi connectivity index (χ3v) is 4.32. The van der Waals surface area contributed by atoms with Crippen molar-refractivity contribution in [1.29, 1.82) is 0 Å². The Balaban J connectivity index is 1.69. The summed E-state index contributed by atoms with van der Waals surface area (Å²) >= 11 is 0. The second-order valence-electron chi connectivity index (χ2n) is 6.79. The maximum Gasteiger partial charge on any atom is 0.453 e. The zero-order valence-corrected chi connectivity index (χ0v) is 15.7. The molecule has 0 saturated heterocycles. The summed E-state index contributed by atoms with van der Waals surface area (Å²) < 4.78 is 45.9. The van der Waals surface area contributed by atoms with Crippen LogP contribution in [0.15, 0.2) is 48.5 Å². The SMILES string of the molecule is CC(C)Oc1ccc2ccccc2c1CNc1ccc2nnc(C(F)(F)F)n2n1. The molecule has 9 heteroatoms. The van der Waals surface area contributed by atoms with Crippen molar-refractivity contribution in [3.05, 3.63) is 59.9 Å². The summed E-state index contributed by atoms with van der Waals surface area (Å²) in [6.07, 6.45) is -4.66. The van der Waals surface area contributed by atoms with E-state index < -0.39 is 12.0 Å². The van der Waals surface area contributed by atoms with Gasteiger partial charge in [0.25, 0.3) is 5.82 Å². The number of hydrogen-bond acceptors (Lipinski definition) is 5. The van der Waals surface area contributed by atoms with Gasteiger partial charge in [0.1, 0.15) is 11.6 Å². The van der Waals surface area contributed by atoms with Crippen LogP contribution >= 0.6 is 0 Å².